The van der Waals surface area contributed by atoms with E-state index >= 15 is 0 Å². The molecule has 1 fully saturated rings. The molecule has 6 nitrogen and oxygen atoms in total. The van der Waals surface area contributed by atoms with E-state index in [2.05, 4.69) is 21.1 Å². The third kappa shape index (κ3) is 2.90. The number of guanidine groups is 1. The van der Waals surface area contributed by atoms with Gasteiger partial charge in [-0.25, -0.2) is 5.84 Å². The number of hydrogen-bond acceptors (Lipinski definition) is 3. The van der Waals surface area contributed by atoms with Crippen molar-refractivity contribution in [3.05, 3.63) is 0 Å². The molecule has 0 aromatic heterocycles. The number of amides is 1. The Morgan fingerprint density at radius 3 is 3.08 bits per heavy atom. The fourth-order valence-electron chi connectivity index (χ4n) is 1.24. The molecule has 0 aromatic rings. The van der Waals surface area contributed by atoms with Crippen molar-refractivity contribution in [1.82, 2.24) is 16.1 Å². The molecule has 1 atom stereocenters. The van der Waals surface area contributed by atoms with Crippen LogP contribution in [0.4, 0.5) is 0 Å². The van der Waals surface area contributed by atoms with Gasteiger partial charge < -0.3 is 10.6 Å². The molecule has 1 aliphatic heterocycles. The lowest BCUT2D eigenvalue weighted by Gasteiger charge is -2.12. The van der Waals surface area contributed by atoms with Crippen LogP contribution < -0.4 is 21.9 Å². The van der Waals surface area contributed by atoms with E-state index in [1.807, 2.05) is 0 Å². The first kappa shape index (κ1) is 9.79. The number of hydrazine groups is 1. The molecule has 0 bridgehead atoms. The largest absolute Gasteiger partial charge is 0.353 e. The zero-order chi connectivity index (χ0) is 9.68. The highest BCUT2D eigenvalue weighted by Crippen LogP contribution is 2.04. The molecule has 1 saturated heterocycles. The fraction of sp³-hybridized carbons (Fsp3) is 0.714. The smallest absolute Gasteiger partial charge is 0.220 e. The molecular formula is C7H15N5O. The summed E-state index contributed by atoms with van der Waals surface area (Å²) in [5, 5.41) is 5.81. The second-order valence-electron chi connectivity index (χ2n) is 2.90. The van der Waals surface area contributed by atoms with E-state index in [1.54, 1.807) is 7.05 Å². The van der Waals surface area contributed by atoms with Crippen LogP contribution in [-0.4, -0.2) is 31.5 Å². The number of nitrogens with zero attached hydrogens (tertiary/aromatic N) is 1. The molecule has 1 amide bonds. The highest BCUT2D eigenvalue weighted by molar-refractivity contribution is 5.80. The topological polar surface area (TPSA) is 91.5 Å². The van der Waals surface area contributed by atoms with Gasteiger partial charge in [0.25, 0.3) is 0 Å². The van der Waals surface area contributed by atoms with Crippen LogP contribution >= 0.6 is 0 Å². The van der Waals surface area contributed by atoms with Gasteiger partial charge in [0.05, 0.1) is 0 Å². The van der Waals surface area contributed by atoms with Crippen LogP contribution in [0.1, 0.15) is 12.8 Å². The standard InChI is InChI=1S/C7H15N5O/c1-9-7(12-8)10-4-5-2-3-6(13)11-5/h5H,2-4,8H2,1H3,(H,11,13)(H2,9,10,12). The molecule has 13 heavy (non-hydrogen) atoms. The van der Waals surface area contributed by atoms with Crippen LogP contribution in [0.3, 0.4) is 0 Å². The second-order valence-corrected chi connectivity index (χ2v) is 2.90. The number of nitrogens with two attached hydrogens (primary N) is 1. The quantitative estimate of drug-likeness (QED) is 0.179. The SMILES string of the molecule is CN=C(NN)NCC1CCC(=O)N1. The van der Waals surface area contributed by atoms with Gasteiger partial charge in [-0.15, -0.1) is 0 Å². The molecule has 0 spiro atoms. The zero-order valence-corrected chi connectivity index (χ0v) is 7.63. The van der Waals surface area contributed by atoms with E-state index in [-0.39, 0.29) is 11.9 Å². The van der Waals surface area contributed by atoms with E-state index < -0.39 is 0 Å². The van der Waals surface area contributed by atoms with Gasteiger partial charge in [0.1, 0.15) is 0 Å². The maximum atomic E-state index is 10.8. The molecule has 0 radical (unpaired) electrons. The van der Waals surface area contributed by atoms with Gasteiger partial charge in [0, 0.05) is 26.1 Å². The summed E-state index contributed by atoms with van der Waals surface area (Å²) in [6, 6.07) is 0.192. The van der Waals surface area contributed by atoms with E-state index in [4.69, 9.17) is 5.84 Å². The average Bonchev–Trinajstić information content (AvgIpc) is 2.53. The molecule has 1 heterocycles. The Balaban J connectivity index is 2.22. The molecule has 74 valence electrons. The Labute approximate surface area is 76.9 Å². The number of rotatable bonds is 2. The van der Waals surface area contributed by atoms with Gasteiger partial charge in [-0.2, -0.15) is 0 Å². The van der Waals surface area contributed by atoms with Crippen LogP contribution in [0.15, 0.2) is 4.99 Å². The van der Waals surface area contributed by atoms with Gasteiger partial charge >= 0.3 is 0 Å². The monoisotopic (exact) mass is 185 g/mol. The zero-order valence-electron chi connectivity index (χ0n) is 7.63. The molecule has 1 unspecified atom stereocenters. The van der Waals surface area contributed by atoms with Crippen molar-refractivity contribution < 1.29 is 4.79 Å². The van der Waals surface area contributed by atoms with Crippen molar-refractivity contribution in [2.45, 2.75) is 18.9 Å². The van der Waals surface area contributed by atoms with Crippen molar-refractivity contribution in [2.75, 3.05) is 13.6 Å². The highest BCUT2D eigenvalue weighted by atomic mass is 16.1. The Hall–Kier alpha value is -1.30. The maximum Gasteiger partial charge on any atom is 0.220 e. The summed E-state index contributed by atoms with van der Waals surface area (Å²) in [4.78, 5) is 14.7. The summed E-state index contributed by atoms with van der Waals surface area (Å²) < 4.78 is 0. The molecule has 0 saturated carbocycles. The minimum Gasteiger partial charge on any atom is -0.353 e. The molecule has 5 N–H and O–H groups in total. The van der Waals surface area contributed by atoms with Gasteiger partial charge in [-0.3, -0.25) is 15.2 Å². The summed E-state index contributed by atoms with van der Waals surface area (Å²) in [6.07, 6.45) is 1.48. The Morgan fingerprint density at radius 2 is 2.62 bits per heavy atom. The van der Waals surface area contributed by atoms with Crippen molar-refractivity contribution in [3.63, 3.8) is 0 Å². The van der Waals surface area contributed by atoms with Crippen LogP contribution in [0, 0.1) is 0 Å². The summed E-state index contributed by atoms with van der Waals surface area (Å²) in [7, 11) is 1.63. The summed E-state index contributed by atoms with van der Waals surface area (Å²) in [5.41, 5.74) is 2.41. The lowest BCUT2D eigenvalue weighted by molar-refractivity contribution is -0.119. The lowest BCUT2D eigenvalue weighted by Crippen LogP contribution is -2.46. The minimum absolute atomic E-state index is 0.113. The minimum atomic E-state index is 0.113. The normalized spacial score (nSPS) is 22.8. The third-order valence-corrected chi connectivity index (χ3v) is 1.96. The maximum absolute atomic E-state index is 10.8. The first-order valence-corrected chi connectivity index (χ1v) is 4.23. The van der Waals surface area contributed by atoms with Gasteiger partial charge in [0.15, 0.2) is 0 Å². The number of aliphatic imine (C=N–C) groups is 1. The van der Waals surface area contributed by atoms with Crippen LogP contribution in [0.25, 0.3) is 0 Å². The molecule has 1 rings (SSSR count). The Morgan fingerprint density at radius 1 is 1.85 bits per heavy atom. The van der Waals surface area contributed by atoms with Gasteiger partial charge in [0.2, 0.25) is 11.9 Å². The van der Waals surface area contributed by atoms with E-state index in [0.717, 1.165) is 6.42 Å². The van der Waals surface area contributed by atoms with Crippen LogP contribution in [0.5, 0.6) is 0 Å². The number of nitrogens with one attached hydrogen (secondary N) is 3. The van der Waals surface area contributed by atoms with E-state index in [0.29, 0.717) is 18.9 Å². The van der Waals surface area contributed by atoms with Crippen molar-refractivity contribution in [2.24, 2.45) is 10.8 Å². The molecule has 0 aliphatic carbocycles. The molecule has 1 aliphatic rings. The number of carbonyl (C=O) groups excluding carboxylic acids is 1. The molecule has 0 aromatic carbocycles. The van der Waals surface area contributed by atoms with Crippen molar-refractivity contribution in [1.29, 1.82) is 0 Å². The van der Waals surface area contributed by atoms with E-state index in [1.165, 1.54) is 0 Å². The highest BCUT2D eigenvalue weighted by Gasteiger charge is 2.20. The van der Waals surface area contributed by atoms with Gasteiger partial charge in [-0.1, -0.05) is 0 Å². The lowest BCUT2D eigenvalue weighted by atomic mass is 10.2. The predicted molar refractivity (Wildman–Crippen MR) is 49.8 cm³/mol. The van der Waals surface area contributed by atoms with Crippen LogP contribution in [-0.2, 0) is 4.79 Å². The average molecular weight is 185 g/mol. The Kier molecular flexibility index (Phi) is 3.51. The summed E-state index contributed by atoms with van der Waals surface area (Å²) in [5.74, 6) is 5.81. The fourth-order valence-corrected chi connectivity index (χ4v) is 1.24. The second kappa shape index (κ2) is 4.66. The summed E-state index contributed by atoms with van der Waals surface area (Å²) >= 11 is 0. The van der Waals surface area contributed by atoms with Crippen LogP contribution in [0.2, 0.25) is 0 Å². The van der Waals surface area contributed by atoms with Gasteiger partial charge in [-0.05, 0) is 6.42 Å². The number of carbonyl (C=O) groups is 1. The van der Waals surface area contributed by atoms with Crippen molar-refractivity contribution in [3.8, 4) is 0 Å². The predicted octanol–water partition coefficient (Wildman–Crippen LogP) is -1.70. The molecular weight excluding hydrogens is 170 g/mol. The third-order valence-electron chi connectivity index (χ3n) is 1.96. The van der Waals surface area contributed by atoms with Crippen molar-refractivity contribution >= 4 is 11.9 Å². The first-order chi connectivity index (χ1) is 6.26. The summed E-state index contributed by atoms with van der Waals surface area (Å²) in [6.45, 7) is 0.655. The molecule has 6 heteroatoms. The number of hydrogen-bond donors (Lipinski definition) is 4. The Bertz CT molecular complexity index is 215. The first-order valence-electron chi connectivity index (χ1n) is 4.23. The van der Waals surface area contributed by atoms with E-state index in [9.17, 15) is 4.79 Å².